The lowest BCUT2D eigenvalue weighted by Crippen LogP contribution is -2.49. The van der Waals surface area contributed by atoms with Crippen molar-refractivity contribution in [1.82, 2.24) is 4.90 Å². The van der Waals surface area contributed by atoms with E-state index in [1.165, 1.54) is 6.07 Å². The van der Waals surface area contributed by atoms with E-state index < -0.39 is 6.10 Å². The van der Waals surface area contributed by atoms with Gasteiger partial charge in [-0.3, -0.25) is 9.59 Å². The highest BCUT2D eigenvalue weighted by Gasteiger charge is 2.32. The molecule has 1 aliphatic heterocycles. The molecular weight excluding hydrogens is 455 g/mol. The number of ketones is 1. The minimum atomic E-state index is -0.395. The summed E-state index contributed by atoms with van der Waals surface area (Å²) in [4.78, 5) is 28.9. The number of aliphatic hydroxyl groups is 1. The van der Waals surface area contributed by atoms with E-state index in [4.69, 9.17) is 0 Å². The number of halogens is 1. The molecule has 2 aliphatic rings. The van der Waals surface area contributed by atoms with Crippen molar-refractivity contribution in [1.29, 1.82) is 0 Å². The second-order valence-electron chi connectivity index (χ2n) is 10.5. The Balaban J connectivity index is 1.28. The van der Waals surface area contributed by atoms with Crippen LogP contribution in [0.25, 0.3) is 0 Å². The van der Waals surface area contributed by atoms with Crippen molar-refractivity contribution in [3.63, 3.8) is 0 Å². The first-order chi connectivity index (χ1) is 17.5. The van der Waals surface area contributed by atoms with Crippen molar-refractivity contribution >= 4 is 17.4 Å². The number of Topliss-reactive ketones (excluding diaryl/α,β-unsaturated/α-hetero) is 1. The summed E-state index contributed by atoms with van der Waals surface area (Å²) in [6.07, 6.45) is 14.7. The molecule has 1 N–H and O–H groups in total. The van der Waals surface area contributed by atoms with Crippen molar-refractivity contribution in [3.8, 4) is 0 Å². The molecule has 1 aromatic carbocycles. The molecule has 0 bridgehead atoms. The van der Waals surface area contributed by atoms with Crippen molar-refractivity contribution in [2.75, 3.05) is 31.1 Å². The van der Waals surface area contributed by atoms with Crippen LogP contribution < -0.4 is 4.90 Å². The van der Waals surface area contributed by atoms with Gasteiger partial charge in [-0.15, -0.1) is 0 Å². The van der Waals surface area contributed by atoms with Crippen LogP contribution in [0.3, 0.4) is 0 Å². The number of carbonyl (C=O) groups is 2. The molecule has 200 valence electrons. The molecule has 1 saturated heterocycles. The van der Waals surface area contributed by atoms with E-state index >= 15 is 0 Å². The van der Waals surface area contributed by atoms with E-state index in [-0.39, 0.29) is 23.6 Å². The summed E-state index contributed by atoms with van der Waals surface area (Å²) in [5.74, 6) is 0.713. The normalized spacial score (nSPS) is 21.5. The predicted octanol–water partition coefficient (Wildman–Crippen LogP) is 5.91. The van der Waals surface area contributed by atoms with Gasteiger partial charge in [0.25, 0.3) is 0 Å². The van der Waals surface area contributed by atoms with Gasteiger partial charge in [0.2, 0.25) is 5.91 Å². The zero-order chi connectivity index (χ0) is 25.8. The highest BCUT2D eigenvalue weighted by molar-refractivity contribution is 5.83. The van der Waals surface area contributed by atoms with E-state index in [1.54, 1.807) is 12.1 Å². The van der Waals surface area contributed by atoms with E-state index in [0.29, 0.717) is 50.5 Å². The molecule has 3 rings (SSSR count). The quantitative estimate of drug-likeness (QED) is 0.255. The second kappa shape index (κ2) is 15.1. The maximum absolute atomic E-state index is 14.0. The number of rotatable bonds is 14. The summed E-state index contributed by atoms with van der Waals surface area (Å²) < 4.78 is 14.0. The molecule has 3 atom stereocenters. The average Bonchev–Trinajstić information content (AvgIpc) is 3.24. The Morgan fingerprint density at radius 1 is 1.08 bits per heavy atom. The first-order valence-electron chi connectivity index (χ1n) is 14.2. The van der Waals surface area contributed by atoms with Crippen molar-refractivity contribution < 1.29 is 19.1 Å². The van der Waals surface area contributed by atoms with Crippen LogP contribution in [0, 0.1) is 17.7 Å². The summed E-state index contributed by atoms with van der Waals surface area (Å²) in [7, 11) is 0. The third-order valence-corrected chi connectivity index (χ3v) is 7.82. The smallest absolute Gasteiger partial charge is 0.222 e. The van der Waals surface area contributed by atoms with Crippen molar-refractivity contribution in [3.05, 3.63) is 42.2 Å². The third-order valence-electron chi connectivity index (χ3n) is 7.82. The van der Waals surface area contributed by atoms with Crippen LogP contribution in [-0.4, -0.2) is 54.0 Å². The highest BCUT2D eigenvalue weighted by atomic mass is 19.1. The van der Waals surface area contributed by atoms with Gasteiger partial charge < -0.3 is 14.9 Å². The van der Waals surface area contributed by atoms with E-state index in [1.807, 2.05) is 21.9 Å². The molecule has 2 fully saturated rings. The molecule has 1 amide bonds. The molecule has 0 radical (unpaired) electrons. The van der Waals surface area contributed by atoms with E-state index in [2.05, 4.69) is 13.0 Å². The van der Waals surface area contributed by atoms with Crippen LogP contribution in [0.2, 0.25) is 0 Å². The number of hydrogen-bond acceptors (Lipinski definition) is 4. The second-order valence-corrected chi connectivity index (χ2v) is 10.5. The fourth-order valence-corrected chi connectivity index (χ4v) is 5.57. The Morgan fingerprint density at radius 3 is 2.58 bits per heavy atom. The topological polar surface area (TPSA) is 60.9 Å². The Morgan fingerprint density at radius 2 is 1.83 bits per heavy atom. The average molecular weight is 501 g/mol. The van der Waals surface area contributed by atoms with Gasteiger partial charge in [0.15, 0.2) is 0 Å². The van der Waals surface area contributed by atoms with Crippen LogP contribution >= 0.6 is 0 Å². The summed E-state index contributed by atoms with van der Waals surface area (Å²) in [6, 6.07) is 6.81. The minimum absolute atomic E-state index is 0.0940. The van der Waals surface area contributed by atoms with Crippen LogP contribution in [0.5, 0.6) is 0 Å². The lowest BCUT2D eigenvalue weighted by Gasteiger charge is -2.36. The van der Waals surface area contributed by atoms with Crippen molar-refractivity contribution in [2.45, 2.75) is 90.1 Å². The zero-order valence-corrected chi connectivity index (χ0v) is 22.0. The Hall–Kier alpha value is -2.21. The third kappa shape index (κ3) is 8.72. The molecule has 1 saturated carbocycles. The van der Waals surface area contributed by atoms with Gasteiger partial charge >= 0.3 is 0 Å². The summed E-state index contributed by atoms with van der Waals surface area (Å²) in [5, 5.41) is 10.2. The number of allylic oxidation sites excluding steroid dienone is 1. The molecular formula is C30H45FN2O3. The number of amides is 1. The fraction of sp³-hybridized carbons (Fsp3) is 0.667. The number of hydrogen-bond donors (Lipinski definition) is 1. The highest BCUT2D eigenvalue weighted by Crippen LogP contribution is 2.34. The minimum Gasteiger partial charge on any atom is -0.389 e. The number of benzene rings is 1. The van der Waals surface area contributed by atoms with Gasteiger partial charge in [-0.05, 0) is 43.7 Å². The Kier molecular flexibility index (Phi) is 11.9. The molecule has 0 aromatic heterocycles. The van der Waals surface area contributed by atoms with Crippen LogP contribution in [-0.2, 0) is 9.59 Å². The lowest BCUT2D eigenvalue weighted by atomic mass is 9.89. The fourth-order valence-electron chi connectivity index (χ4n) is 5.57. The first-order valence-corrected chi connectivity index (χ1v) is 14.2. The summed E-state index contributed by atoms with van der Waals surface area (Å²) in [5.41, 5.74) is 0.617. The van der Waals surface area contributed by atoms with Crippen molar-refractivity contribution in [2.24, 2.45) is 11.8 Å². The van der Waals surface area contributed by atoms with Gasteiger partial charge in [-0.25, -0.2) is 4.39 Å². The maximum Gasteiger partial charge on any atom is 0.222 e. The molecule has 3 unspecified atom stereocenters. The van der Waals surface area contributed by atoms with Gasteiger partial charge in [0, 0.05) is 44.9 Å². The van der Waals surface area contributed by atoms with Crippen LogP contribution in [0.1, 0.15) is 84.0 Å². The molecule has 1 heterocycles. The first kappa shape index (κ1) is 28.4. The number of unbranched alkanes of at least 4 members (excludes halogenated alkanes) is 5. The number of aliphatic hydroxyl groups excluding tert-OH is 1. The van der Waals surface area contributed by atoms with Gasteiger partial charge in [0.05, 0.1) is 11.8 Å². The largest absolute Gasteiger partial charge is 0.389 e. The summed E-state index contributed by atoms with van der Waals surface area (Å²) in [6.45, 7) is 4.76. The maximum atomic E-state index is 14.0. The number of carbonyl (C=O) groups excluding carboxylic acids is 2. The zero-order valence-electron chi connectivity index (χ0n) is 22.0. The van der Waals surface area contributed by atoms with Gasteiger partial charge in [-0.2, -0.15) is 0 Å². The number of para-hydroxylation sites is 1. The van der Waals surface area contributed by atoms with E-state index in [9.17, 15) is 19.1 Å². The number of nitrogens with zero attached hydrogens (tertiary/aromatic N) is 2. The van der Waals surface area contributed by atoms with Crippen LogP contribution in [0.15, 0.2) is 36.4 Å². The molecule has 1 aromatic rings. The monoisotopic (exact) mass is 500 g/mol. The molecule has 36 heavy (non-hydrogen) atoms. The number of anilines is 1. The van der Waals surface area contributed by atoms with E-state index in [0.717, 1.165) is 64.2 Å². The summed E-state index contributed by atoms with van der Waals surface area (Å²) >= 11 is 0. The predicted molar refractivity (Wildman–Crippen MR) is 143 cm³/mol. The van der Waals surface area contributed by atoms with Crippen LogP contribution in [0.4, 0.5) is 10.1 Å². The van der Waals surface area contributed by atoms with Gasteiger partial charge in [0.1, 0.15) is 11.6 Å². The number of piperazine rings is 1. The molecule has 0 spiro atoms. The van der Waals surface area contributed by atoms with Gasteiger partial charge in [-0.1, -0.05) is 69.7 Å². The lowest BCUT2D eigenvalue weighted by molar-refractivity contribution is -0.131. The molecule has 1 aliphatic carbocycles. The molecule has 6 heteroatoms. The SMILES string of the molecule is CCCCCC(O)C=CC1CCC(=O)C1CCCCCCC(=O)N1CCN(c2ccccc2F)CC1. The Bertz CT molecular complexity index is 850. The molecule has 5 nitrogen and oxygen atoms in total. The standard InChI is InChI=1S/C30H45FN2O3/c1-2-3-6-11-25(34)18-16-24-17-19-29(35)26(24)12-7-4-5-8-15-30(36)33-22-20-32(21-23-33)28-14-10-9-13-27(28)31/h9-10,13-14,16,18,24-26,34H,2-8,11-12,15,17,19-23H2,1H3. The Labute approximate surface area is 216 Å².